The summed E-state index contributed by atoms with van der Waals surface area (Å²) in [6.45, 7) is 6.37. The standard InChI is InChI=1S/C22H23BrClFN2O/c1-15-13-27(22(28)10-6-17-5-9-20(23)21(24)11-17)16(2)12-26(15)14-18-3-7-19(25)8-4-18/h3-11,15-16H,12-14H2,1-2H3/b10-6+/t15-,16+/m0/s1. The fourth-order valence-electron chi connectivity index (χ4n) is 3.43. The third-order valence-corrected chi connectivity index (χ3v) is 6.29. The SMILES string of the molecule is C[C@@H]1CN(Cc2ccc(F)cc2)[C@@H](C)CN1C(=O)/C=C/c1ccc(Br)c(Cl)c1. The largest absolute Gasteiger partial charge is 0.334 e. The van der Waals surface area contributed by atoms with Crippen molar-refractivity contribution in [3.8, 4) is 0 Å². The van der Waals surface area contributed by atoms with Gasteiger partial charge in [0.25, 0.3) is 0 Å². The number of piperazine rings is 1. The molecule has 3 nitrogen and oxygen atoms in total. The summed E-state index contributed by atoms with van der Waals surface area (Å²) in [6.07, 6.45) is 3.40. The van der Waals surface area contributed by atoms with Crippen molar-refractivity contribution in [1.82, 2.24) is 9.80 Å². The molecule has 0 unspecified atom stereocenters. The first-order valence-corrected chi connectivity index (χ1v) is 10.4. The number of benzene rings is 2. The van der Waals surface area contributed by atoms with E-state index in [1.165, 1.54) is 12.1 Å². The van der Waals surface area contributed by atoms with Gasteiger partial charge in [0.2, 0.25) is 5.91 Å². The van der Waals surface area contributed by atoms with Gasteiger partial charge in [0.05, 0.1) is 5.02 Å². The lowest BCUT2D eigenvalue weighted by molar-refractivity contribution is -0.131. The number of carbonyl (C=O) groups excluding carboxylic acids is 1. The molecule has 1 amide bonds. The lowest BCUT2D eigenvalue weighted by Gasteiger charge is -2.44. The first-order valence-electron chi connectivity index (χ1n) is 9.25. The molecule has 1 aliphatic rings. The van der Waals surface area contributed by atoms with E-state index >= 15 is 0 Å². The number of hydrogen-bond acceptors (Lipinski definition) is 2. The maximum Gasteiger partial charge on any atom is 0.246 e. The van der Waals surface area contributed by atoms with Gasteiger partial charge < -0.3 is 4.90 Å². The number of hydrogen-bond donors (Lipinski definition) is 0. The summed E-state index contributed by atoms with van der Waals surface area (Å²) in [4.78, 5) is 17.0. The fraction of sp³-hybridized carbons (Fsp3) is 0.318. The van der Waals surface area contributed by atoms with E-state index < -0.39 is 0 Å². The average Bonchev–Trinajstić information content (AvgIpc) is 2.67. The minimum Gasteiger partial charge on any atom is -0.334 e. The van der Waals surface area contributed by atoms with Crippen LogP contribution < -0.4 is 0 Å². The van der Waals surface area contributed by atoms with Gasteiger partial charge in [-0.1, -0.05) is 29.8 Å². The van der Waals surface area contributed by atoms with Crippen molar-refractivity contribution in [2.24, 2.45) is 0 Å². The van der Waals surface area contributed by atoms with E-state index in [2.05, 4.69) is 34.7 Å². The van der Waals surface area contributed by atoms with Crippen LogP contribution in [-0.2, 0) is 11.3 Å². The Morgan fingerprint density at radius 3 is 2.57 bits per heavy atom. The molecule has 0 bridgehead atoms. The lowest BCUT2D eigenvalue weighted by atomic mass is 10.1. The molecule has 148 valence electrons. The minimum absolute atomic E-state index is 0.000164. The van der Waals surface area contributed by atoms with Crippen LogP contribution >= 0.6 is 27.5 Å². The van der Waals surface area contributed by atoms with Gasteiger partial charge in [0.15, 0.2) is 0 Å². The maximum atomic E-state index is 13.1. The summed E-state index contributed by atoms with van der Waals surface area (Å²) in [6, 6.07) is 12.5. The molecule has 28 heavy (non-hydrogen) atoms. The third kappa shape index (κ3) is 5.22. The van der Waals surface area contributed by atoms with Gasteiger partial charge in [0.1, 0.15) is 5.82 Å². The van der Waals surface area contributed by atoms with E-state index in [9.17, 15) is 9.18 Å². The van der Waals surface area contributed by atoms with Crippen molar-refractivity contribution in [2.75, 3.05) is 13.1 Å². The second kappa shape index (κ2) is 9.21. The van der Waals surface area contributed by atoms with Crippen molar-refractivity contribution >= 4 is 39.5 Å². The molecular weight excluding hydrogens is 443 g/mol. The molecule has 0 spiro atoms. The lowest BCUT2D eigenvalue weighted by Crippen LogP contribution is -2.57. The average molecular weight is 466 g/mol. The van der Waals surface area contributed by atoms with Crippen LogP contribution in [-0.4, -0.2) is 40.9 Å². The van der Waals surface area contributed by atoms with Crippen LogP contribution in [0.1, 0.15) is 25.0 Å². The number of amides is 1. The van der Waals surface area contributed by atoms with Gasteiger partial charge in [-0.15, -0.1) is 0 Å². The monoisotopic (exact) mass is 464 g/mol. The summed E-state index contributed by atoms with van der Waals surface area (Å²) in [5.41, 5.74) is 1.96. The molecule has 3 rings (SSSR count). The van der Waals surface area contributed by atoms with Crippen molar-refractivity contribution < 1.29 is 9.18 Å². The zero-order chi connectivity index (χ0) is 20.3. The molecule has 2 aromatic rings. The predicted molar refractivity (Wildman–Crippen MR) is 116 cm³/mol. The number of rotatable bonds is 4. The molecule has 0 aromatic heterocycles. The molecule has 1 aliphatic heterocycles. The first-order chi connectivity index (χ1) is 13.3. The van der Waals surface area contributed by atoms with Crippen molar-refractivity contribution in [3.63, 3.8) is 0 Å². The Kier molecular flexibility index (Phi) is 6.91. The molecule has 2 aromatic carbocycles. The molecule has 0 radical (unpaired) electrons. The van der Waals surface area contributed by atoms with E-state index in [1.807, 2.05) is 35.2 Å². The highest BCUT2D eigenvalue weighted by molar-refractivity contribution is 9.10. The highest BCUT2D eigenvalue weighted by Crippen LogP contribution is 2.24. The van der Waals surface area contributed by atoms with E-state index in [1.54, 1.807) is 12.2 Å². The molecule has 0 saturated carbocycles. The van der Waals surface area contributed by atoms with Gasteiger partial charge in [0, 0.05) is 42.3 Å². The summed E-state index contributed by atoms with van der Waals surface area (Å²) in [5.74, 6) is -0.223. The van der Waals surface area contributed by atoms with Crippen molar-refractivity contribution in [3.05, 3.63) is 75.0 Å². The Labute approximate surface area is 178 Å². The highest BCUT2D eigenvalue weighted by Gasteiger charge is 2.30. The maximum absolute atomic E-state index is 13.1. The molecule has 0 N–H and O–H groups in total. The smallest absolute Gasteiger partial charge is 0.246 e. The van der Waals surface area contributed by atoms with Crippen molar-refractivity contribution in [2.45, 2.75) is 32.5 Å². The number of halogens is 3. The summed E-state index contributed by atoms with van der Waals surface area (Å²) >= 11 is 9.47. The quantitative estimate of drug-likeness (QED) is 0.566. The summed E-state index contributed by atoms with van der Waals surface area (Å²) in [7, 11) is 0. The molecule has 1 heterocycles. The third-order valence-electron chi connectivity index (χ3n) is 5.06. The first kappa shape index (κ1) is 21.0. The number of nitrogens with zero attached hydrogens (tertiary/aromatic N) is 2. The number of carbonyl (C=O) groups is 1. The summed E-state index contributed by atoms with van der Waals surface area (Å²) < 4.78 is 13.9. The van der Waals surface area contributed by atoms with Crippen LogP contribution in [0.25, 0.3) is 6.08 Å². The second-order valence-electron chi connectivity index (χ2n) is 7.25. The Morgan fingerprint density at radius 1 is 1.18 bits per heavy atom. The minimum atomic E-state index is -0.223. The van der Waals surface area contributed by atoms with E-state index in [0.717, 1.165) is 28.7 Å². The molecule has 1 fully saturated rings. The Hall–Kier alpha value is -1.69. The second-order valence-corrected chi connectivity index (χ2v) is 8.51. The van der Waals surface area contributed by atoms with Crippen LogP contribution in [0.5, 0.6) is 0 Å². The van der Waals surface area contributed by atoms with Crippen LogP contribution in [0.3, 0.4) is 0 Å². The van der Waals surface area contributed by atoms with Crippen LogP contribution in [0, 0.1) is 5.82 Å². The van der Waals surface area contributed by atoms with Crippen LogP contribution in [0.4, 0.5) is 4.39 Å². The van der Waals surface area contributed by atoms with Gasteiger partial charge in [-0.05, 0) is 71.2 Å². The Bertz CT molecular complexity index is 871. The fourth-order valence-corrected chi connectivity index (χ4v) is 3.86. The van der Waals surface area contributed by atoms with E-state index in [-0.39, 0.29) is 23.8 Å². The predicted octanol–water partition coefficient (Wildman–Crippen LogP) is 5.38. The normalized spacial score (nSPS) is 20.7. The van der Waals surface area contributed by atoms with Gasteiger partial charge in [-0.2, -0.15) is 0 Å². The van der Waals surface area contributed by atoms with Gasteiger partial charge in [-0.3, -0.25) is 9.69 Å². The Morgan fingerprint density at radius 2 is 1.89 bits per heavy atom. The van der Waals surface area contributed by atoms with Crippen LogP contribution in [0.2, 0.25) is 5.02 Å². The molecule has 2 atom stereocenters. The molecular formula is C22H23BrClFN2O. The molecule has 0 aliphatic carbocycles. The topological polar surface area (TPSA) is 23.6 Å². The molecule has 1 saturated heterocycles. The van der Waals surface area contributed by atoms with Gasteiger partial charge in [-0.25, -0.2) is 4.39 Å². The highest BCUT2D eigenvalue weighted by atomic mass is 79.9. The zero-order valence-electron chi connectivity index (χ0n) is 15.9. The summed E-state index contributed by atoms with van der Waals surface area (Å²) in [5, 5.41) is 0.617. The Balaban J connectivity index is 1.62. The van der Waals surface area contributed by atoms with E-state index in [0.29, 0.717) is 11.6 Å². The van der Waals surface area contributed by atoms with E-state index in [4.69, 9.17) is 11.6 Å². The zero-order valence-corrected chi connectivity index (χ0v) is 18.3. The molecule has 6 heteroatoms. The van der Waals surface area contributed by atoms with Gasteiger partial charge >= 0.3 is 0 Å². The van der Waals surface area contributed by atoms with Crippen LogP contribution in [0.15, 0.2) is 53.0 Å². The van der Waals surface area contributed by atoms with Crippen molar-refractivity contribution in [1.29, 1.82) is 0 Å².